The fourth-order valence-corrected chi connectivity index (χ4v) is 2.37. The molecule has 1 atom stereocenters. The number of nitrogens with zero attached hydrogens (tertiary/aromatic N) is 1. The van der Waals surface area contributed by atoms with Gasteiger partial charge in [0.15, 0.2) is 18.1 Å². The number of rotatable bonds is 5. The number of likely N-dealkylation sites (tertiary alicyclic amines) is 1. The third-order valence-corrected chi connectivity index (χ3v) is 3.54. The summed E-state index contributed by atoms with van der Waals surface area (Å²) in [6.07, 6.45) is 1.32. The molecule has 1 aromatic rings. The lowest BCUT2D eigenvalue weighted by atomic mass is 9.98. The van der Waals surface area contributed by atoms with Crippen molar-refractivity contribution in [1.82, 2.24) is 4.90 Å². The van der Waals surface area contributed by atoms with Crippen molar-refractivity contribution in [1.29, 1.82) is 0 Å². The van der Waals surface area contributed by atoms with Crippen LogP contribution < -0.4 is 9.47 Å². The number of aliphatic carboxylic acids is 1. The van der Waals surface area contributed by atoms with E-state index < -0.39 is 11.9 Å². The molecule has 0 radical (unpaired) electrons. The first-order valence-electron chi connectivity index (χ1n) is 6.88. The van der Waals surface area contributed by atoms with E-state index in [2.05, 4.69) is 0 Å². The summed E-state index contributed by atoms with van der Waals surface area (Å²) in [5.41, 5.74) is 0. The number of benzene rings is 1. The molecule has 114 valence electrons. The summed E-state index contributed by atoms with van der Waals surface area (Å²) in [7, 11) is 1.53. The van der Waals surface area contributed by atoms with Crippen LogP contribution in [0.25, 0.3) is 0 Å². The SMILES string of the molecule is COc1ccccc1OCC(=O)N1CCC[C@@H](C(=O)O)C1. The van der Waals surface area contributed by atoms with Crippen molar-refractivity contribution in [2.75, 3.05) is 26.8 Å². The minimum absolute atomic E-state index is 0.118. The highest BCUT2D eigenvalue weighted by atomic mass is 16.5. The minimum Gasteiger partial charge on any atom is -0.493 e. The Labute approximate surface area is 123 Å². The molecule has 0 aliphatic carbocycles. The first-order valence-corrected chi connectivity index (χ1v) is 6.88. The largest absolute Gasteiger partial charge is 0.493 e. The number of carbonyl (C=O) groups excluding carboxylic acids is 1. The lowest BCUT2D eigenvalue weighted by molar-refractivity contribution is -0.146. The van der Waals surface area contributed by atoms with E-state index in [1.54, 1.807) is 23.1 Å². The Morgan fingerprint density at radius 1 is 1.33 bits per heavy atom. The van der Waals surface area contributed by atoms with Gasteiger partial charge in [-0.15, -0.1) is 0 Å². The molecule has 6 nitrogen and oxygen atoms in total. The zero-order chi connectivity index (χ0) is 15.2. The highest BCUT2D eigenvalue weighted by Crippen LogP contribution is 2.26. The number of para-hydroxylation sites is 2. The molecular formula is C15H19NO5. The number of carboxylic acids is 1. The van der Waals surface area contributed by atoms with E-state index in [0.717, 1.165) is 0 Å². The van der Waals surface area contributed by atoms with Gasteiger partial charge in [0.25, 0.3) is 5.91 Å². The molecule has 1 aromatic carbocycles. The standard InChI is InChI=1S/C15H19NO5/c1-20-12-6-2-3-7-13(12)21-10-14(17)16-8-4-5-11(9-16)15(18)19/h2-3,6-7,11H,4-5,8-10H2,1H3,(H,18,19)/t11-/m1/s1. The van der Waals surface area contributed by atoms with Crippen LogP contribution in [0, 0.1) is 5.92 Å². The number of carbonyl (C=O) groups is 2. The molecule has 1 heterocycles. The van der Waals surface area contributed by atoms with E-state index in [0.29, 0.717) is 30.9 Å². The van der Waals surface area contributed by atoms with Crippen molar-refractivity contribution < 1.29 is 24.2 Å². The normalized spacial score (nSPS) is 18.1. The van der Waals surface area contributed by atoms with Gasteiger partial charge < -0.3 is 19.5 Å². The average molecular weight is 293 g/mol. The van der Waals surface area contributed by atoms with Crippen molar-refractivity contribution in [3.63, 3.8) is 0 Å². The van der Waals surface area contributed by atoms with Gasteiger partial charge in [0.1, 0.15) is 0 Å². The van der Waals surface area contributed by atoms with Crippen LogP contribution in [0.4, 0.5) is 0 Å². The van der Waals surface area contributed by atoms with Crippen LogP contribution in [0.2, 0.25) is 0 Å². The monoisotopic (exact) mass is 293 g/mol. The maximum atomic E-state index is 12.1. The Kier molecular flexibility index (Phi) is 5.03. The van der Waals surface area contributed by atoms with Gasteiger partial charge in [0.2, 0.25) is 0 Å². The van der Waals surface area contributed by atoms with Crippen molar-refractivity contribution in [2.45, 2.75) is 12.8 Å². The smallest absolute Gasteiger partial charge is 0.308 e. The summed E-state index contributed by atoms with van der Waals surface area (Å²) in [6, 6.07) is 7.09. The van der Waals surface area contributed by atoms with Gasteiger partial charge in [-0.2, -0.15) is 0 Å². The van der Waals surface area contributed by atoms with Gasteiger partial charge in [-0.3, -0.25) is 9.59 Å². The third kappa shape index (κ3) is 3.87. The topological polar surface area (TPSA) is 76.1 Å². The van der Waals surface area contributed by atoms with E-state index in [4.69, 9.17) is 14.6 Å². The van der Waals surface area contributed by atoms with Gasteiger partial charge in [-0.1, -0.05) is 12.1 Å². The highest BCUT2D eigenvalue weighted by Gasteiger charge is 2.28. The van der Waals surface area contributed by atoms with E-state index >= 15 is 0 Å². The molecule has 1 fully saturated rings. The first-order chi connectivity index (χ1) is 10.1. The van der Waals surface area contributed by atoms with Gasteiger partial charge in [0, 0.05) is 13.1 Å². The molecule has 1 aliphatic rings. The van der Waals surface area contributed by atoms with Crippen LogP contribution in [-0.2, 0) is 9.59 Å². The predicted octanol–water partition coefficient (Wildman–Crippen LogP) is 1.40. The van der Waals surface area contributed by atoms with Gasteiger partial charge in [-0.25, -0.2) is 0 Å². The molecule has 1 amide bonds. The van der Waals surface area contributed by atoms with E-state index in [1.165, 1.54) is 7.11 Å². The predicted molar refractivity (Wildman–Crippen MR) is 75.4 cm³/mol. The second-order valence-electron chi connectivity index (χ2n) is 4.96. The third-order valence-electron chi connectivity index (χ3n) is 3.54. The van der Waals surface area contributed by atoms with E-state index in [9.17, 15) is 9.59 Å². The molecule has 0 saturated carbocycles. The number of carboxylic acid groups (broad SMARTS) is 1. The highest BCUT2D eigenvalue weighted by molar-refractivity contribution is 5.79. The van der Waals surface area contributed by atoms with Crippen LogP contribution in [0.3, 0.4) is 0 Å². The maximum absolute atomic E-state index is 12.1. The molecule has 0 unspecified atom stereocenters. The number of hydrogen-bond donors (Lipinski definition) is 1. The summed E-state index contributed by atoms with van der Waals surface area (Å²) < 4.78 is 10.6. The molecular weight excluding hydrogens is 274 g/mol. The fraction of sp³-hybridized carbons (Fsp3) is 0.467. The van der Waals surface area contributed by atoms with Gasteiger partial charge in [-0.05, 0) is 25.0 Å². The first kappa shape index (κ1) is 15.2. The van der Waals surface area contributed by atoms with E-state index in [-0.39, 0.29) is 19.1 Å². The number of amides is 1. The van der Waals surface area contributed by atoms with Crippen molar-refractivity contribution in [3.05, 3.63) is 24.3 Å². The summed E-state index contributed by atoms with van der Waals surface area (Å²) >= 11 is 0. The molecule has 6 heteroatoms. The van der Waals surface area contributed by atoms with Crippen molar-refractivity contribution in [2.24, 2.45) is 5.92 Å². The Hall–Kier alpha value is -2.24. The molecule has 0 aromatic heterocycles. The van der Waals surface area contributed by atoms with Crippen LogP contribution in [-0.4, -0.2) is 48.7 Å². The molecule has 0 bridgehead atoms. The van der Waals surface area contributed by atoms with Gasteiger partial charge in [0.05, 0.1) is 13.0 Å². The van der Waals surface area contributed by atoms with Crippen LogP contribution >= 0.6 is 0 Å². The fourth-order valence-electron chi connectivity index (χ4n) is 2.37. The van der Waals surface area contributed by atoms with Crippen LogP contribution in [0.1, 0.15) is 12.8 Å². The Bertz CT molecular complexity index is 517. The molecule has 21 heavy (non-hydrogen) atoms. The zero-order valence-corrected chi connectivity index (χ0v) is 11.9. The molecule has 1 aliphatic heterocycles. The van der Waals surface area contributed by atoms with Crippen LogP contribution in [0.15, 0.2) is 24.3 Å². The van der Waals surface area contributed by atoms with Gasteiger partial charge >= 0.3 is 5.97 Å². The summed E-state index contributed by atoms with van der Waals surface area (Å²) in [4.78, 5) is 24.7. The maximum Gasteiger partial charge on any atom is 0.308 e. The van der Waals surface area contributed by atoms with Crippen molar-refractivity contribution >= 4 is 11.9 Å². The molecule has 1 N–H and O–H groups in total. The minimum atomic E-state index is -0.849. The Balaban J connectivity index is 1.91. The lowest BCUT2D eigenvalue weighted by Crippen LogP contribution is -2.44. The second-order valence-corrected chi connectivity index (χ2v) is 4.96. The zero-order valence-electron chi connectivity index (χ0n) is 11.9. The number of hydrogen-bond acceptors (Lipinski definition) is 4. The quantitative estimate of drug-likeness (QED) is 0.888. The lowest BCUT2D eigenvalue weighted by Gasteiger charge is -2.30. The van der Waals surface area contributed by atoms with E-state index in [1.807, 2.05) is 6.07 Å². The second kappa shape index (κ2) is 6.97. The number of ether oxygens (including phenoxy) is 2. The Morgan fingerprint density at radius 2 is 2.05 bits per heavy atom. The summed E-state index contributed by atoms with van der Waals surface area (Å²) in [5.74, 6) is -0.466. The molecule has 0 spiro atoms. The Morgan fingerprint density at radius 3 is 2.71 bits per heavy atom. The average Bonchev–Trinajstić information content (AvgIpc) is 2.52. The number of methoxy groups -OCH3 is 1. The van der Waals surface area contributed by atoms with Crippen LogP contribution in [0.5, 0.6) is 11.5 Å². The molecule has 1 saturated heterocycles. The summed E-state index contributed by atoms with van der Waals surface area (Å²) in [5, 5.41) is 9.03. The van der Waals surface area contributed by atoms with Crippen molar-refractivity contribution in [3.8, 4) is 11.5 Å². The number of piperidine rings is 1. The summed E-state index contributed by atoms with van der Waals surface area (Å²) in [6.45, 7) is 0.716. The molecule has 2 rings (SSSR count).